The number of fused-ring (bicyclic) bond motifs is 2. The van der Waals surface area contributed by atoms with Crippen molar-refractivity contribution in [3.05, 3.63) is 90.1 Å². The number of nitrogens with zero attached hydrogens (tertiary/aromatic N) is 2. The first-order valence-electron chi connectivity index (χ1n) is 10.4. The van der Waals surface area contributed by atoms with Gasteiger partial charge in [-0.1, -0.05) is 42.5 Å². The molecule has 0 atom stereocenters. The monoisotopic (exact) mass is 437 g/mol. The van der Waals surface area contributed by atoms with E-state index in [9.17, 15) is 9.59 Å². The van der Waals surface area contributed by atoms with Gasteiger partial charge in [0.2, 0.25) is 5.89 Å². The van der Waals surface area contributed by atoms with Gasteiger partial charge in [-0.05, 0) is 43.3 Å². The van der Waals surface area contributed by atoms with E-state index in [1.165, 1.54) is 0 Å². The van der Waals surface area contributed by atoms with Crippen LogP contribution in [0.3, 0.4) is 0 Å². The number of esters is 1. The number of nitrogens with one attached hydrogen (secondary N) is 1. The van der Waals surface area contributed by atoms with Crippen LogP contribution in [-0.4, -0.2) is 28.5 Å². The third-order valence-electron chi connectivity index (χ3n) is 5.12. The van der Waals surface area contributed by atoms with Crippen LogP contribution >= 0.6 is 0 Å². The highest BCUT2D eigenvalue weighted by Crippen LogP contribution is 2.27. The summed E-state index contributed by atoms with van der Waals surface area (Å²) < 4.78 is 11.1. The van der Waals surface area contributed by atoms with E-state index in [1.807, 2.05) is 55.5 Å². The van der Waals surface area contributed by atoms with E-state index in [2.05, 4.69) is 15.3 Å². The van der Waals surface area contributed by atoms with Crippen LogP contribution in [0.2, 0.25) is 0 Å². The molecular weight excluding hydrogens is 418 g/mol. The van der Waals surface area contributed by atoms with E-state index < -0.39 is 18.5 Å². The normalized spacial score (nSPS) is 10.9. The Morgan fingerprint density at radius 2 is 1.64 bits per heavy atom. The average Bonchev–Trinajstić information content (AvgIpc) is 3.27. The van der Waals surface area contributed by atoms with Crippen LogP contribution < -0.4 is 5.32 Å². The van der Waals surface area contributed by atoms with Crippen molar-refractivity contribution in [2.24, 2.45) is 0 Å². The molecule has 1 amide bonds. The van der Waals surface area contributed by atoms with E-state index in [4.69, 9.17) is 9.15 Å². The van der Waals surface area contributed by atoms with Crippen molar-refractivity contribution in [3.8, 4) is 11.5 Å². The first kappa shape index (κ1) is 20.4. The number of oxazole rings is 1. The number of hydrogen-bond acceptors (Lipinski definition) is 6. The van der Waals surface area contributed by atoms with Crippen LogP contribution in [0, 0.1) is 6.92 Å². The number of carbonyl (C=O) groups excluding carboxylic acids is 2. The van der Waals surface area contributed by atoms with Crippen molar-refractivity contribution in [1.82, 2.24) is 9.97 Å². The molecule has 0 bridgehead atoms. The topological polar surface area (TPSA) is 94.3 Å². The lowest BCUT2D eigenvalue weighted by molar-refractivity contribution is -0.119. The van der Waals surface area contributed by atoms with Crippen LogP contribution in [0.1, 0.15) is 16.1 Å². The molecule has 33 heavy (non-hydrogen) atoms. The highest BCUT2D eigenvalue weighted by atomic mass is 16.5. The minimum absolute atomic E-state index is 0.266. The average molecular weight is 437 g/mol. The summed E-state index contributed by atoms with van der Waals surface area (Å²) in [6, 6.07) is 23.5. The molecule has 0 saturated carbocycles. The summed E-state index contributed by atoms with van der Waals surface area (Å²) in [6.07, 6.45) is 0. The fourth-order valence-electron chi connectivity index (χ4n) is 3.64. The quantitative estimate of drug-likeness (QED) is 0.382. The maximum atomic E-state index is 12.8. The fraction of sp³-hybridized carbons (Fsp3) is 0.0769. The highest BCUT2D eigenvalue weighted by molar-refractivity contribution is 6.03. The van der Waals surface area contributed by atoms with Crippen molar-refractivity contribution < 1.29 is 18.7 Å². The zero-order valence-electron chi connectivity index (χ0n) is 17.7. The summed E-state index contributed by atoms with van der Waals surface area (Å²) in [5.74, 6) is -0.774. The number of rotatable bonds is 5. The minimum atomic E-state index is -0.640. The van der Waals surface area contributed by atoms with Gasteiger partial charge in [-0.15, -0.1) is 0 Å². The van der Waals surface area contributed by atoms with E-state index in [0.29, 0.717) is 28.2 Å². The maximum Gasteiger partial charge on any atom is 0.339 e. The standard InChI is InChI=1S/C26H19N3O4/c1-16-14-22(19-10-4-5-11-20(19)27-16)28-24(30)15-32-26(31)18-9-3-2-8-17(18)25-29-21-12-6-7-13-23(21)33-25/h2-14H,15H2,1H3,(H,27,28,30). The molecule has 0 radical (unpaired) electrons. The summed E-state index contributed by atoms with van der Waals surface area (Å²) in [5.41, 5.74) is 4.23. The number of pyridine rings is 1. The Balaban J connectivity index is 1.33. The summed E-state index contributed by atoms with van der Waals surface area (Å²) in [5, 5.41) is 3.62. The van der Waals surface area contributed by atoms with Crippen molar-refractivity contribution in [2.45, 2.75) is 6.92 Å². The number of hydrogen-bond donors (Lipinski definition) is 1. The van der Waals surface area contributed by atoms with Crippen molar-refractivity contribution in [2.75, 3.05) is 11.9 Å². The highest BCUT2D eigenvalue weighted by Gasteiger charge is 2.19. The fourth-order valence-corrected chi connectivity index (χ4v) is 3.64. The number of aryl methyl sites for hydroxylation is 1. The van der Waals surface area contributed by atoms with Crippen molar-refractivity contribution in [3.63, 3.8) is 0 Å². The molecule has 2 heterocycles. The predicted octanol–water partition coefficient (Wildman–Crippen LogP) is 5.15. The SMILES string of the molecule is Cc1cc(NC(=O)COC(=O)c2ccccc2-c2nc3ccccc3o2)c2ccccc2n1. The van der Waals surface area contributed by atoms with Crippen LogP contribution in [0.25, 0.3) is 33.5 Å². The number of para-hydroxylation sites is 3. The molecule has 5 rings (SSSR count). The molecule has 7 heteroatoms. The van der Waals surface area contributed by atoms with Crippen LogP contribution in [0.4, 0.5) is 5.69 Å². The minimum Gasteiger partial charge on any atom is -0.452 e. The summed E-state index contributed by atoms with van der Waals surface area (Å²) in [4.78, 5) is 34.2. The Labute approximate surface area is 189 Å². The van der Waals surface area contributed by atoms with Gasteiger partial charge in [-0.3, -0.25) is 9.78 Å². The Hall–Kier alpha value is -4.52. The molecule has 1 N–H and O–H groups in total. The third kappa shape index (κ3) is 4.16. The van der Waals surface area contributed by atoms with Crippen LogP contribution in [-0.2, 0) is 9.53 Å². The van der Waals surface area contributed by atoms with Crippen LogP contribution in [0.15, 0.2) is 83.3 Å². The molecule has 5 aromatic rings. The van der Waals surface area contributed by atoms with Gasteiger partial charge in [0.25, 0.3) is 5.91 Å². The van der Waals surface area contributed by atoms with E-state index in [0.717, 1.165) is 16.6 Å². The number of aromatic nitrogens is 2. The van der Waals surface area contributed by atoms with Crippen LogP contribution in [0.5, 0.6) is 0 Å². The lowest BCUT2D eigenvalue weighted by Gasteiger charge is -2.11. The molecule has 7 nitrogen and oxygen atoms in total. The first-order chi connectivity index (χ1) is 16.1. The predicted molar refractivity (Wildman–Crippen MR) is 125 cm³/mol. The number of benzene rings is 3. The molecule has 0 spiro atoms. The smallest absolute Gasteiger partial charge is 0.339 e. The molecular formula is C26H19N3O4. The Morgan fingerprint density at radius 3 is 2.48 bits per heavy atom. The van der Waals surface area contributed by atoms with Gasteiger partial charge in [0.05, 0.1) is 22.3 Å². The van der Waals surface area contributed by atoms with E-state index in [-0.39, 0.29) is 5.56 Å². The lowest BCUT2D eigenvalue weighted by atomic mass is 10.1. The second kappa shape index (κ2) is 8.55. The molecule has 162 valence electrons. The molecule has 2 aromatic heterocycles. The van der Waals surface area contributed by atoms with Gasteiger partial charge in [-0.25, -0.2) is 9.78 Å². The molecule has 0 aliphatic rings. The van der Waals surface area contributed by atoms with Gasteiger partial charge in [0.15, 0.2) is 12.2 Å². The molecule has 0 saturated heterocycles. The van der Waals surface area contributed by atoms with Crippen molar-refractivity contribution >= 4 is 39.6 Å². The molecule has 0 aliphatic heterocycles. The zero-order chi connectivity index (χ0) is 22.8. The Bertz CT molecular complexity index is 1470. The van der Waals surface area contributed by atoms with Gasteiger partial charge in [-0.2, -0.15) is 0 Å². The van der Waals surface area contributed by atoms with E-state index >= 15 is 0 Å². The molecule has 0 fully saturated rings. The largest absolute Gasteiger partial charge is 0.452 e. The lowest BCUT2D eigenvalue weighted by Crippen LogP contribution is -2.21. The number of anilines is 1. The maximum absolute atomic E-state index is 12.8. The molecule has 0 aliphatic carbocycles. The Morgan fingerprint density at radius 1 is 0.909 bits per heavy atom. The second-order valence-electron chi connectivity index (χ2n) is 7.48. The zero-order valence-corrected chi connectivity index (χ0v) is 17.7. The molecule has 3 aromatic carbocycles. The first-order valence-corrected chi connectivity index (χ1v) is 10.4. The number of amides is 1. The van der Waals surface area contributed by atoms with Crippen molar-refractivity contribution in [1.29, 1.82) is 0 Å². The van der Waals surface area contributed by atoms with Gasteiger partial charge >= 0.3 is 5.97 Å². The summed E-state index contributed by atoms with van der Waals surface area (Å²) in [6.45, 7) is 1.42. The summed E-state index contributed by atoms with van der Waals surface area (Å²) >= 11 is 0. The third-order valence-corrected chi connectivity index (χ3v) is 5.12. The number of ether oxygens (including phenoxy) is 1. The van der Waals surface area contributed by atoms with Gasteiger partial charge in [0, 0.05) is 11.1 Å². The van der Waals surface area contributed by atoms with E-state index in [1.54, 1.807) is 30.3 Å². The van der Waals surface area contributed by atoms with Gasteiger partial charge < -0.3 is 14.5 Å². The molecule has 0 unspecified atom stereocenters. The second-order valence-corrected chi connectivity index (χ2v) is 7.48. The Kier molecular flexibility index (Phi) is 5.28. The van der Waals surface area contributed by atoms with Gasteiger partial charge in [0.1, 0.15) is 5.52 Å². The summed E-state index contributed by atoms with van der Waals surface area (Å²) in [7, 11) is 0. The number of carbonyl (C=O) groups is 2.